The number of aliphatic hydroxyl groups excluding tert-OH is 2. The molecule has 0 amide bonds. The van der Waals surface area contributed by atoms with Crippen molar-refractivity contribution in [3.8, 4) is 0 Å². The lowest BCUT2D eigenvalue weighted by atomic mass is 10.2. The van der Waals surface area contributed by atoms with Crippen molar-refractivity contribution in [1.82, 2.24) is 15.4 Å². The number of aliphatic hydroxyl groups is 2. The van der Waals surface area contributed by atoms with Gasteiger partial charge >= 0.3 is 0 Å². The third-order valence-corrected chi connectivity index (χ3v) is 1.45. The Bertz CT molecular complexity index is 252. The molecule has 1 aromatic rings. The Hall–Kier alpha value is -1.07. The van der Waals surface area contributed by atoms with Gasteiger partial charge in [0.25, 0.3) is 0 Å². The quantitative estimate of drug-likeness (QED) is 0.582. The first-order valence-corrected chi connectivity index (χ1v) is 3.19. The third-order valence-electron chi connectivity index (χ3n) is 1.45. The van der Waals surface area contributed by atoms with Crippen LogP contribution in [0.15, 0.2) is 0 Å². The van der Waals surface area contributed by atoms with Crippen molar-refractivity contribution in [2.45, 2.75) is 20.1 Å². The Morgan fingerprint density at radius 3 is 2.36 bits per heavy atom. The van der Waals surface area contributed by atoms with E-state index < -0.39 is 0 Å². The summed E-state index contributed by atoms with van der Waals surface area (Å²) in [7, 11) is 0. The Morgan fingerprint density at radius 2 is 1.91 bits per heavy atom. The van der Waals surface area contributed by atoms with E-state index in [1.165, 1.54) is 0 Å². The van der Waals surface area contributed by atoms with Crippen molar-refractivity contribution in [2.75, 3.05) is 0 Å². The summed E-state index contributed by atoms with van der Waals surface area (Å²) in [6.45, 7) is 1.33. The van der Waals surface area contributed by atoms with E-state index in [2.05, 4.69) is 15.4 Å². The highest BCUT2D eigenvalue weighted by atomic mass is 16.3. The average Bonchev–Trinajstić information content (AvgIpc) is 2.04. The fraction of sp³-hybridized carbons (Fsp3) is 0.500. The molecule has 0 saturated heterocycles. The number of rotatable bonds is 2. The van der Waals surface area contributed by atoms with Gasteiger partial charge in [-0.1, -0.05) is 0 Å². The fourth-order valence-electron chi connectivity index (χ4n) is 0.806. The van der Waals surface area contributed by atoms with Crippen molar-refractivity contribution in [3.63, 3.8) is 0 Å². The van der Waals surface area contributed by atoms with Crippen LogP contribution in [0.5, 0.6) is 0 Å². The molecule has 0 aliphatic rings. The molecule has 0 aromatic carbocycles. The third kappa shape index (κ3) is 1.50. The van der Waals surface area contributed by atoms with E-state index in [9.17, 15) is 0 Å². The molecule has 1 rings (SSSR count). The maximum atomic E-state index is 8.81. The van der Waals surface area contributed by atoms with Gasteiger partial charge in [0.05, 0.1) is 24.6 Å². The Balaban J connectivity index is 3.13. The summed E-state index contributed by atoms with van der Waals surface area (Å²) in [5.74, 6) is 0. The number of aromatic nitrogens is 3. The molecule has 0 aliphatic heterocycles. The summed E-state index contributed by atoms with van der Waals surface area (Å²) >= 11 is 0. The van der Waals surface area contributed by atoms with E-state index in [-0.39, 0.29) is 13.2 Å². The molecule has 0 unspecified atom stereocenters. The fourth-order valence-corrected chi connectivity index (χ4v) is 0.806. The predicted octanol–water partition coefficient (Wildman–Crippen LogP) is -0.835. The molecule has 5 heteroatoms. The van der Waals surface area contributed by atoms with Crippen LogP contribution in [0.1, 0.15) is 17.0 Å². The first kappa shape index (κ1) is 8.03. The van der Waals surface area contributed by atoms with Gasteiger partial charge in [0.2, 0.25) is 0 Å². The maximum absolute atomic E-state index is 8.81. The minimum absolute atomic E-state index is 0.162. The van der Waals surface area contributed by atoms with Crippen molar-refractivity contribution < 1.29 is 10.2 Å². The minimum Gasteiger partial charge on any atom is -0.392 e. The minimum atomic E-state index is -0.216. The van der Waals surface area contributed by atoms with Crippen molar-refractivity contribution >= 4 is 0 Å². The van der Waals surface area contributed by atoms with Gasteiger partial charge in [-0.25, -0.2) is 0 Å². The zero-order valence-corrected chi connectivity index (χ0v) is 6.15. The molecule has 0 saturated carbocycles. The molecule has 0 radical (unpaired) electrons. The number of aryl methyl sites for hydroxylation is 1. The van der Waals surface area contributed by atoms with Crippen molar-refractivity contribution in [2.24, 2.45) is 0 Å². The van der Waals surface area contributed by atoms with Crippen molar-refractivity contribution in [1.29, 1.82) is 0 Å². The van der Waals surface area contributed by atoms with Crippen LogP contribution in [0.3, 0.4) is 0 Å². The average molecular weight is 155 g/mol. The van der Waals surface area contributed by atoms with E-state index in [0.717, 1.165) is 0 Å². The molecule has 2 N–H and O–H groups in total. The Labute approximate surface area is 63.7 Å². The van der Waals surface area contributed by atoms with Crippen LogP contribution in [0.4, 0.5) is 0 Å². The van der Waals surface area contributed by atoms with Crippen LogP contribution in [-0.2, 0) is 13.2 Å². The topological polar surface area (TPSA) is 79.1 Å². The standard InChI is InChI=1S/C6H9N3O2/c1-4-5(2-10)6(3-11)8-9-7-4/h10-11H,2-3H2,1H3. The lowest BCUT2D eigenvalue weighted by Gasteiger charge is -2.02. The van der Waals surface area contributed by atoms with Gasteiger partial charge in [0.1, 0.15) is 0 Å². The molecular weight excluding hydrogens is 146 g/mol. The first-order valence-electron chi connectivity index (χ1n) is 3.19. The highest BCUT2D eigenvalue weighted by Crippen LogP contribution is 2.06. The maximum Gasteiger partial charge on any atom is 0.0976 e. The van der Waals surface area contributed by atoms with Gasteiger partial charge < -0.3 is 10.2 Å². The van der Waals surface area contributed by atoms with Gasteiger partial charge in [-0.15, -0.1) is 10.2 Å². The molecule has 60 valence electrons. The normalized spacial score (nSPS) is 10.1. The zero-order chi connectivity index (χ0) is 8.27. The van der Waals surface area contributed by atoms with Crippen LogP contribution in [0.25, 0.3) is 0 Å². The van der Waals surface area contributed by atoms with Crippen molar-refractivity contribution in [3.05, 3.63) is 17.0 Å². The van der Waals surface area contributed by atoms with E-state index in [4.69, 9.17) is 10.2 Å². The molecule has 1 heterocycles. The molecule has 0 aliphatic carbocycles. The lowest BCUT2D eigenvalue weighted by molar-refractivity contribution is 0.252. The zero-order valence-electron chi connectivity index (χ0n) is 6.15. The lowest BCUT2D eigenvalue weighted by Crippen LogP contribution is -2.05. The highest BCUT2D eigenvalue weighted by molar-refractivity contribution is 5.20. The van der Waals surface area contributed by atoms with Gasteiger partial charge in [-0.2, -0.15) is 0 Å². The second kappa shape index (κ2) is 3.36. The number of hydrogen-bond acceptors (Lipinski definition) is 5. The summed E-state index contributed by atoms with van der Waals surface area (Å²) < 4.78 is 0. The second-order valence-corrected chi connectivity index (χ2v) is 2.12. The van der Waals surface area contributed by atoms with E-state index in [0.29, 0.717) is 17.0 Å². The van der Waals surface area contributed by atoms with Crippen LogP contribution < -0.4 is 0 Å². The van der Waals surface area contributed by atoms with Crippen LogP contribution in [0, 0.1) is 6.92 Å². The summed E-state index contributed by atoms with van der Waals surface area (Å²) in [6, 6.07) is 0. The summed E-state index contributed by atoms with van der Waals surface area (Å²) in [5.41, 5.74) is 1.55. The largest absolute Gasteiger partial charge is 0.392 e. The van der Waals surface area contributed by atoms with Gasteiger partial charge in [0.15, 0.2) is 0 Å². The number of hydrogen-bond donors (Lipinski definition) is 2. The van der Waals surface area contributed by atoms with Gasteiger partial charge in [-0.05, 0) is 12.1 Å². The SMILES string of the molecule is Cc1nnnc(CO)c1CO. The molecule has 11 heavy (non-hydrogen) atoms. The predicted molar refractivity (Wildman–Crippen MR) is 36.4 cm³/mol. The smallest absolute Gasteiger partial charge is 0.0976 e. The number of nitrogens with zero attached hydrogens (tertiary/aromatic N) is 3. The van der Waals surface area contributed by atoms with Gasteiger partial charge in [-0.3, -0.25) is 0 Å². The van der Waals surface area contributed by atoms with E-state index >= 15 is 0 Å². The highest BCUT2D eigenvalue weighted by Gasteiger charge is 2.06. The summed E-state index contributed by atoms with van der Waals surface area (Å²) in [6.07, 6.45) is 0. The van der Waals surface area contributed by atoms with E-state index in [1.54, 1.807) is 6.92 Å². The molecule has 1 aromatic heterocycles. The van der Waals surface area contributed by atoms with Crippen LogP contribution >= 0.6 is 0 Å². The molecular formula is C6H9N3O2. The van der Waals surface area contributed by atoms with Crippen LogP contribution in [-0.4, -0.2) is 25.6 Å². The molecule has 0 bridgehead atoms. The second-order valence-electron chi connectivity index (χ2n) is 2.12. The Kier molecular flexibility index (Phi) is 2.45. The molecule has 0 fully saturated rings. The van der Waals surface area contributed by atoms with E-state index in [1.807, 2.05) is 0 Å². The first-order chi connectivity index (χ1) is 5.29. The Morgan fingerprint density at radius 1 is 1.18 bits per heavy atom. The molecule has 5 nitrogen and oxygen atoms in total. The molecule has 0 spiro atoms. The van der Waals surface area contributed by atoms with Gasteiger partial charge in [0, 0.05) is 5.56 Å². The molecule has 0 atom stereocenters. The summed E-state index contributed by atoms with van der Waals surface area (Å²) in [5, 5.41) is 28.1. The van der Waals surface area contributed by atoms with Crippen LogP contribution in [0.2, 0.25) is 0 Å². The summed E-state index contributed by atoms with van der Waals surface area (Å²) in [4.78, 5) is 0. The monoisotopic (exact) mass is 155 g/mol.